The summed E-state index contributed by atoms with van der Waals surface area (Å²) in [6.45, 7) is 10.7. The minimum atomic E-state index is -1.55. The number of carbonyl (C=O) groups excluding carboxylic acids is 17. The van der Waals surface area contributed by atoms with E-state index in [1.807, 2.05) is 73.0 Å². The van der Waals surface area contributed by atoms with Crippen molar-refractivity contribution in [2.24, 2.45) is 29.6 Å². The molecule has 0 bridgehead atoms. The number of esters is 2. The first kappa shape index (κ1) is 89.6. The number of carbonyl (C=O) groups is 17. The van der Waals surface area contributed by atoms with Crippen LogP contribution >= 0.6 is 0 Å². The highest BCUT2D eigenvalue weighted by atomic mass is 16.6. The lowest BCUT2D eigenvalue weighted by atomic mass is 9.75. The minimum Gasteiger partial charge on any atom is -0.497 e. The molecule has 5 saturated heterocycles. The van der Waals surface area contributed by atoms with E-state index in [9.17, 15) is 81.5 Å². The number of allylic oxidation sites excluding steroid dienone is 1. The fourth-order valence-corrected chi connectivity index (χ4v) is 13.6. The Morgan fingerprint density at radius 1 is 0.431 bits per heavy atom. The van der Waals surface area contributed by atoms with Gasteiger partial charge >= 0.3 is 42.1 Å². The third-order valence-corrected chi connectivity index (χ3v) is 19.5. The Morgan fingerprint density at radius 3 is 1.24 bits per heavy atom. The standard InChI is InChI=1S/C21H22N2O4.C19H16N2O3.C18H20N2O7.C18H14N2O3.C17H14N2O3/c1-3-4-13-18-19(24)22(15-9-6-5-7-10-15)21(26)23(20(18)25)16-11-8-12-17(14-16)27-2;1-2-9-16-17(22)20(14-10-5-3-6-11-14)19(24)21(18(16)23)15-12-7-4-8-13-15;1-3-26-16(23)13(17(24)27-4-2)11(10-8-6-5-7-9-10)12-14(21)19-18(25)20-15(12)22;21-16-15(12-11-13-7-3-1-4-8-13)17(22)20(18(23)19-16)14-9-5-2-6-10-14;1-12-7-9-14(10-8-12)19-16(21)11-15(20)18(17(19)22)13-5-3-2-4-6-13/h5-12,14,18H,3-4,13H2,1-2H3;2-8,10-13,16H,1,9H2;5-9,11-13H,3-4H2,1-2H3,(H2,19,20,21,22,25);1-12,15H,(H,19,21,23);2-10H,11H2,1H3/b;;;12-11+;. The lowest BCUT2D eigenvalue weighted by molar-refractivity contribution is -0.164. The molecule has 5 aliphatic heterocycles. The topological polar surface area (TPSA) is 377 Å². The van der Waals surface area contributed by atoms with E-state index in [1.54, 1.807) is 232 Å². The maximum atomic E-state index is 13.1. The first-order valence-electron chi connectivity index (χ1n) is 39.0. The molecule has 5 fully saturated rings. The molecule has 0 aromatic heterocycles. The van der Waals surface area contributed by atoms with Crippen molar-refractivity contribution in [3.05, 3.63) is 296 Å². The van der Waals surface area contributed by atoms with E-state index in [-0.39, 0.29) is 26.1 Å². The molecule has 20 amide bonds. The number of imide groups is 10. The molecule has 628 valence electrons. The van der Waals surface area contributed by atoms with Crippen LogP contribution in [-0.2, 0) is 67.0 Å². The Balaban J connectivity index is 0.000000161. The number of methoxy groups -OCH3 is 1. The number of hydrogen-bond donors (Lipinski definition) is 3. The van der Waals surface area contributed by atoms with Crippen LogP contribution in [0.25, 0.3) is 6.08 Å². The average molecular weight is 1660 g/mol. The Bertz CT molecular complexity index is 5360. The summed E-state index contributed by atoms with van der Waals surface area (Å²) in [5.74, 6) is -14.4. The molecule has 123 heavy (non-hydrogen) atoms. The van der Waals surface area contributed by atoms with Gasteiger partial charge in [-0.25, -0.2) is 58.3 Å². The number of barbiturate groups is 5. The van der Waals surface area contributed by atoms with Gasteiger partial charge in [0.2, 0.25) is 53.2 Å². The van der Waals surface area contributed by atoms with E-state index in [4.69, 9.17) is 14.2 Å². The number of nitrogens with zero attached hydrogens (tertiary/aromatic N) is 7. The van der Waals surface area contributed by atoms with E-state index >= 15 is 0 Å². The summed E-state index contributed by atoms with van der Waals surface area (Å²) < 4.78 is 15.2. The number of urea groups is 5. The minimum absolute atomic E-state index is 0.00219. The van der Waals surface area contributed by atoms with Crippen molar-refractivity contribution in [2.45, 2.75) is 65.7 Å². The van der Waals surface area contributed by atoms with Crippen molar-refractivity contribution in [1.82, 2.24) is 16.0 Å². The number of aryl methyl sites for hydroxylation is 1. The Morgan fingerprint density at radius 2 is 0.813 bits per heavy atom. The molecule has 3 unspecified atom stereocenters. The number of amides is 20. The molecule has 9 aromatic rings. The molecular weight excluding hydrogens is 1580 g/mol. The van der Waals surface area contributed by atoms with Crippen molar-refractivity contribution >= 4 is 147 Å². The number of unbranched alkanes of at least 4 members (excludes halogenated alkanes) is 1. The zero-order chi connectivity index (χ0) is 88.4. The summed E-state index contributed by atoms with van der Waals surface area (Å²) in [5, 5.41) is 6.21. The normalized spacial score (nSPS) is 16.5. The average Bonchev–Trinajstić information content (AvgIpc) is 0.751. The summed E-state index contributed by atoms with van der Waals surface area (Å²) in [7, 11) is 1.52. The lowest BCUT2D eigenvalue weighted by Gasteiger charge is -2.37. The molecule has 30 nitrogen and oxygen atoms in total. The van der Waals surface area contributed by atoms with Crippen LogP contribution in [0.3, 0.4) is 0 Å². The van der Waals surface area contributed by atoms with Gasteiger partial charge in [-0.15, -0.1) is 6.58 Å². The molecule has 0 radical (unpaired) electrons. The molecule has 9 aromatic carbocycles. The van der Waals surface area contributed by atoms with Gasteiger partial charge in [-0.2, -0.15) is 0 Å². The predicted octanol–water partition coefficient (Wildman–Crippen LogP) is 13.4. The van der Waals surface area contributed by atoms with Crippen molar-refractivity contribution in [1.29, 1.82) is 0 Å². The van der Waals surface area contributed by atoms with Crippen molar-refractivity contribution in [3.63, 3.8) is 0 Å². The highest BCUT2D eigenvalue weighted by Gasteiger charge is 2.52. The number of ether oxygens (including phenoxy) is 3. The third-order valence-electron chi connectivity index (χ3n) is 19.5. The lowest BCUT2D eigenvalue weighted by Crippen LogP contribution is -2.60. The van der Waals surface area contributed by atoms with Crippen molar-refractivity contribution in [2.75, 3.05) is 54.6 Å². The summed E-state index contributed by atoms with van der Waals surface area (Å²) in [6, 6.07) is 70.6. The first-order valence-corrected chi connectivity index (χ1v) is 39.0. The van der Waals surface area contributed by atoms with E-state index in [1.165, 1.54) is 19.3 Å². The number of rotatable bonds is 22. The van der Waals surface area contributed by atoms with Crippen LogP contribution in [0.1, 0.15) is 75.5 Å². The second-order valence-electron chi connectivity index (χ2n) is 27.6. The number of nitrogens with one attached hydrogen (secondary N) is 3. The number of hydrogen-bond acceptors (Lipinski definition) is 20. The first-order chi connectivity index (χ1) is 59.4. The number of anilines is 7. The van der Waals surface area contributed by atoms with Crippen LogP contribution in [-0.4, -0.2) is 121 Å². The second-order valence-corrected chi connectivity index (χ2v) is 27.6. The van der Waals surface area contributed by atoms with Gasteiger partial charge in [0.15, 0.2) is 5.92 Å². The van der Waals surface area contributed by atoms with Gasteiger partial charge < -0.3 is 14.2 Å². The summed E-state index contributed by atoms with van der Waals surface area (Å²) in [5.41, 5.74) is 5.36. The van der Waals surface area contributed by atoms with Crippen molar-refractivity contribution in [3.8, 4) is 5.75 Å². The molecule has 5 heterocycles. The molecule has 0 saturated carbocycles. The Labute approximate surface area is 707 Å². The van der Waals surface area contributed by atoms with E-state index in [0.717, 1.165) is 58.3 Å². The Hall–Kier alpha value is -15.8. The summed E-state index contributed by atoms with van der Waals surface area (Å²) >= 11 is 0. The fraction of sp³-hybridized carbons (Fsp3) is 0.194. The number of para-hydroxylation sites is 5. The van der Waals surface area contributed by atoms with Gasteiger partial charge in [-0.1, -0.05) is 213 Å². The van der Waals surface area contributed by atoms with Crippen LogP contribution in [0.15, 0.2) is 280 Å². The largest absolute Gasteiger partial charge is 0.497 e. The summed E-state index contributed by atoms with van der Waals surface area (Å²) in [6.07, 6.45) is 6.57. The molecule has 5 aliphatic rings. The quantitative estimate of drug-likeness (QED) is 0.0322. The zero-order valence-electron chi connectivity index (χ0n) is 67.5. The molecule has 14 rings (SSSR count). The molecule has 3 atom stereocenters. The Kier molecular flexibility index (Phi) is 31.0. The maximum Gasteiger partial charge on any atom is 0.342 e. The smallest absolute Gasteiger partial charge is 0.342 e. The van der Waals surface area contributed by atoms with Crippen LogP contribution in [0, 0.1) is 36.5 Å². The SMILES string of the molecule is C=CCC1C(=O)N(c2ccccc2)C(=O)N(c2ccccc2)C1=O.CCCCC1C(=O)N(c2ccccc2)C(=O)N(c2cccc(OC)c2)C1=O.CCOC(=O)C(C(=O)OCC)C(c1ccccc1)C1C(=O)NC(=O)NC1=O.Cc1ccc(N2C(=O)CC(=O)N(c3ccccc3)C2=O)cc1.O=C1NC(=O)N(c2ccccc2)C(=O)C1/C=C/c1ccccc1. The second kappa shape index (κ2) is 42.6. The van der Waals surface area contributed by atoms with Gasteiger partial charge in [-0.3, -0.25) is 73.5 Å². The van der Waals surface area contributed by atoms with Crippen LogP contribution in [0.2, 0.25) is 0 Å². The van der Waals surface area contributed by atoms with Gasteiger partial charge in [0.25, 0.3) is 5.91 Å². The van der Waals surface area contributed by atoms with E-state index < -0.39 is 137 Å². The highest BCUT2D eigenvalue weighted by molar-refractivity contribution is 6.38. The highest BCUT2D eigenvalue weighted by Crippen LogP contribution is 2.38. The summed E-state index contributed by atoms with van der Waals surface area (Å²) in [4.78, 5) is 220. The molecule has 30 heteroatoms. The zero-order valence-corrected chi connectivity index (χ0v) is 67.5. The maximum absolute atomic E-state index is 13.1. The van der Waals surface area contributed by atoms with Gasteiger partial charge in [-0.05, 0) is 130 Å². The molecule has 0 spiro atoms. The molecule has 0 aliphatic carbocycles. The van der Waals surface area contributed by atoms with Gasteiger partial charge in [0.1, 0.15) is 35.8 Å². The molecule has 3 N–H and O–H groups in total. The van der Waals surface area contributed by atoms with Gasteiger partial charge in [0, 0.05) is 12.0 Å². The monoisotopic (exact) mass is 1660 g/mol. The van der Waals surface area contributed by atoms with E-state index in [0.29, 0.717) is 57.5 Å². The fourth-order valence-electron chi connectivity index (χ4n) is 13.6. The van der Waals surface area contributed by atoms with Crippen LogP contribution in [0.4, 0.5) is 63.8 Å². The van der Waals surface area contributed by atoms with Crippen LogP contribution in [0.5, 0.6) is 5.75 Å². The van der Waals surface area contributed by atoms with Crippen molar-refractivity contribution < 1.29 is 95.7 Å². The third kappa shape index (κ3) is 21.4. The predicted molar refractivity (Wildman–Crippen MR) is 455 cm³/mol. The van der Waals surface area contributed by atoms with Gasteiger partial charge in [0.05, 0.1) is 60.1 Å². The van der Waals surface area contributed by atoms with E-state index in [2.05, 4.69) is 11.9 Å². The number of benzene rings is 9. The molecular formula is C93H86N10O20. The van der Waals surface area contributed by atoms with Crippen LogP contribution < -0.4 is 55.0 Å².